The zero-order valence-electron chi connectivity index (χ0n) is 13.1. The van der Waals surface area contributed by atoms with E-state index in [9.17, 15) is 4.79 Å². The third-order valence-electron chi connectivity index (χ3n) is 3.33. The van der Waals surface area contributed by atoms with Crippen molar-refractivity contribution in [2.24, 2.45) is 0 Å². The minimum Gasteiger partial charge on any atom is -0.322 e. The Morgan fingerprint density at radius 1 is 1.29 bits per heavy atom. The van der Waals surface area contributed by atoms with Crippen LogP contribution in [0, 0.1) is 0 Å². The molecule has 0 spiro atoms. The SMILES string of the molecule is CCn1nnnc1-c1cccc(NC(=O)C=Cc2cccnc2)c1. The lowest BCUT2D eigenvalue weighted by Crippen LogP contribution is -2.08. The van der Waals surface area contributed by atoms with E-state index in [2.05, 4.69) is 25.8 Å². The number of pyridine rings is 1. The zero-order chi connectivity index (χ0) is 16.8. The van der Waals surface area contributed by atoms with Crippen molar-refractivity contribution in [1.82, 2.24) is 25.2 Å². The number of rotatable bonds is 5. The second-order valence-electron chi connectivity index (χ2n) is 5.01. The van der Waals surface area contributed by atoms with E-state index in [1.54, 1.807) is 23.2 Å². The number of aryl methyl sites for hydroxylation is 1. The largest absolute Gasteiger partial charge is 0.322 e. The van der Waals surface area contributed by atoms with Gasteiger partial charge in [0.05, 0.1) is 0 Å². The molecule has 2 heterocycles. The molecule has 3 aromatic rings. The topological polar surface area (TPSA) is 85.6 Å². The molecule has 2 aromatic heterocycles. The van der Waals surface area contributed by atoms with Crippen LogP contribution < -0.4 is 5.32 Å². The fraction of sp³-hybridized carbons (Fsp3) is 0.118. The van der Waals surface area contributed by atoms with E-state index in [1.165, 1.54) is 6.08 Å². The maximum absolute atomic E-state index is 12.0. The maximum atomic E-state index is 12.0. The Bertz CT molecular complexity index is 856. The minimum atomic E-state index is -0.217. The van der Waals surface area contributed by atoms with Crippen LogP contribution >= 0.6 is 0 Å². The Kier molecular flexibility index (Phi) is 4.71. The number of anilines is 1. The van der Waals surface area contributed by atoms with Crippen molar-refractivity contribution in [3.63, 3.8) is 0 Å². The van der Waals surface area contributed by atoms with Crippen LogP contribution in [0.1, 0.15) is 12.5 Å². The molecule has 0 bridgehead atoms. The van der Waals surface area contributed by atoms with E-state index in [4.69, 9.17) is 0 Å². The number of tetrazole rings is 1. The molecule has 3 rings (SSSR count). The Labute approximate surface area is 139 Å². The summed E-state index contributed by atoms with van der Waals surface area (Å²) in [4.78, 5) is 16.0. The lowest BCUT2D eigenvalue weighted by atomic mass is 10.2. The highest BCUT2D eigenvalue weighted by Gasteiger charge is 2.08. The molecule has 1 aromatic carbocycles. The predicted octanol–water partition coefficient (Wildman–Crippen LogP) is 2.41. The summed E-state index contributed by atoms with van der Waals surface area (Å²) in [5.41, 5.74) is 2.39. The first kappa shape index (κ1) is 15.5. The summed E-state index contributed by atoms with van der Waals surface area (Å²) in [7, 11) is 0. The molecule has 7 heteroatoms. The number of carbonyl (C=O) groups is 1. The van der Waals surface area contributed by atoms with E-state index in [1.807, 2.05) is 43.3 Å². The van der Waals surface area contributed by atoms with Crippen molar-refractivity contribution in [2.75, 3.05) is 5.32 Å². The van der Waals surface area contributed by atoms with Gasteiger partial charge in [-0.05, 0) is 47.2 Å². The van der Waals surface area contributed by atoms with Crippen molar-refractivity contribution in [3.8, 4) is 11.4 Å². The van der Waals surface area contributed by atoms with Crippen molar-refractivity contribution in [3.05, 3.63) is 60.4 Å². The van der Waals surface area contributed by atoms with Crippen LogP contribution in [0.15, 0.2) is 54.9 Å². The van der Waals surface area contributed by atoms with Gasteiger partial charge in [0.2, 0.25) is 5.91 Å². The number of nitrogens with zero attached hydrogens (tertiary/aromatic N) is 5. The van der Waals surface area contributed by atoms with Crippen molar-refractivity contribution in [1.29, 1.82) is 0 Å². The van der Waals surface area contributed by atoms with Gasteiger partial charge in [-0.15, -0.1) is 5.10 Å². The van der Waals surface area contributed by atoms with E-state index in [0.717, 1.165) is 11.1 Å². The van der Waals surface area contributed by atoms with Gasteiger partial charge in [-0.2, -0.15) is 0 Å². The lowest BCUT2D eigenvalue weighted by molar-refractivity contribution is -0.111. The van der Waals surface area contributed by atoms with Gasteiger partial charge in [-0.1, -0.05) is 18.2 Å². The smallest absolute Gasteiger partial charge is 0.248 e. The van der Waals surface area contributed by atoms with Crippen LogP contribution in [-0.4, -0.2) is 31.1 Å². The van der Waals surface area contributed by atoms with Gasteiger partial charge in [-0.3, -0.25) is 9.78 Å². The van der Waals surface area contributed by atoms with Gasteiger partial charge < -0.3 is 5.32 Å². The van der Waals surface area contributed by atoms with Gasteiger partial charge in [0.25, 0.3) is 0 Å². The third-order valence-corrected chi connectivity index (χ3v) is 3.33. The number of amides is 1. The summed E-state index contributed by atoms with van der Waals surface area (Å²) >= 11 is 0. The molecular formula is C17H16N6O. The van der Waals surface area contributed by atoms with Crippen LogP contribution in [0.4, 0.5) is 5.69 Å². The molecule has 0 saturated carbocycles. The number of aromatic nitrogens is 5. The molecule has 0 unspecified atom stereocenters. The van der Waals surface area contributed by atoms with Gasteiger partial charge in [0.1, 0.15) is 0 Å². The fourth-order valence-electron chi connectivity index (χ4n) is 2.19. The highest BCUT2D eigenvalue weighted by Crippen LogP contribution is 2.20. The molecule has 24 heavy (non-hydrogen) atoms. The fourth-order valence-corrected chi connectivity index (χ4v) is 2.19. The highest BCUT2D eigenvalue weighted by molar-refractivity contribution is 6.02. The molecule has 0 aliphatic heterocycles. The van der Waals surface area contributed by atoms with Gasteiger partial charge in [-0.25, -0.2) is 4.68 Å². The Morgan fingerprint density at radius 3 is 3.00 bits per heavy atom. The van der Waals surface area contributed by atoms with E-state index in [-0.39, 0.29) is 5.91 Å². The summed E-state index contributed by atoms with van der Waals surface area (Å²) in [6.45, 7) is 2.64. The highest BCUT2D eigenvalue weighted by atomic mass is 16.1. The number of nitrogens with one attached hydrogen (secondary N) is 1. The molecule has 1 N–H and O–H groups in total. The normalized spacial score (nSPS) is 10.9. The third kappa shape index (κ3) is 3.70. The molecule has 1 amide bonds. The molecule has 7 nitrogen and oxygen atoms in total. The maximum Gasteiger partial charge on any atom is 0.248 e. The molecule has 0 saturated heterocycles. The first-order valence-electron chi connectivity index (χ1n) is 7.52. The molecular weight excluding hydrogens is 304 g/mol. The molecule has 0 fully saturated rings. The minimum absolute atomic E-state index is 0.217. The summed E-state index contributed by atoms with van der Waals surface area (Å²) < 4.78 is 1.70. The molecule has 0 radical (unpaired) electrons. The monoisotopic (exact) mass is 320 g/mol. The van der Waals surface area contributed by atoms with Crippen molar-refractivity contribution in [2.45, 2.75) is 13.5 Å². The number of carbonyl (C=O) groups excluding carboxylic acids is 1. The predicted molar refractivity (Wildman–Crippen MR) is 90.8 cm³/mol. The van der Waals surface area contributed by atoms with Crippen LogP contribution in [-0.2, 0) is 11.3 Å². The number of benzene rings is 1. The van der Waals surface area contributed by atoms with Crippen molar-refractivity contribution >= 4 is 17.7 Å². The molecule has 0 aliphatic carbocycles. The molecule has 0 aliphatic rings. The zero-order valence-corrected chi connectivity index (χ0v) is 13.1. The average Bonchev–Trinajstić information content (AvgIpc) is 3.10. The first-order chi connectivity index (χ1) is 11.8. The Balaban J connectivity index is 1.73. The van der Waals surface area contributed by atoms with E-state index in [0.29, 0.717) is 18.1 Å². The molecule has 120 valence electrons. The van der Waals surface area contributed by atoms with Crippen LogP contribution in [0.5, 0.6) is 0 Å². The standard InChI is InChI=1S/C17H16N6O/c1-2-23-17(20-21-22-23)14-6-3-7-15(11-14)19-16(24)9-8-13-5-4-10-18-12-13/h3-12H,2H2,1H3,(H,19,24). The van der Waals surface area contributed by atoms with Gasteiger partial charge in [0.15, 0.2) is 5.82 Å². The average molecular weight is 320 g/mol. The van der Waals surface area contributed by atoms with E-state index < -0.39 is 0 Å². The van der Waals surface area contributed by atoms with Gasteiger partial charge >= 0.3 is 0 Å². The number of hydrogen-bond acceptors (Lipinski definition) is 5. The van der Waals surface area contributed by atoms with Crippen LogP contribution in [0.2, 0.25) is 0 Å². The van der Waals surface area contributed by atoms with Crippen molar-refractivity contribution < 1.29 is 4.79 Å². The summed E-state index contributed by atoms with van der Waals surface area (Å²) in [5.74, 6) is 0.450. The van der Waals surface area contributed by atoms with E-state index >= 15 is 0 Å². The van der Waals surface area contributed by atoms with Crippen LogP contribution in [0.3, 0.4) is 0 Å². The van der Waals surface area contributed by atoms with Gasteiger partial charge in [0, 0.05) is 36.3 Å². The molecule has 0 atom stereocenters. The quantitative estimate of drug-likeness (QED) is 0.730. The summed E-state index contributed by atoms with van der Waals surface area (Å²) in [6, 6.07) is 11.1. The second-order valence-corrected chi connectivity index (χ2v) is 5.01. The Hall–Kier alpha value is -3.35. The second kappa shape index (κ2) is 7.28. The summed E-state index contributed by atoms with van der Waals surface area (Å²) in [5, 5.41) is 14.4. The summed E-state index contributed by atoms with van der Waals surface area (Å²) in [6.07, 6.45) is 6.56. The first-order valence-corrected chi connectivity index (χ1v) is 7.52. The number of hydrogen-bond donors (Lipinski definition) is 1. The lowest BCUT2D eigenvalue weighted by Gasteiger charge is -2.05. The van der Waals surface area contributed by atoms with Crippen LogP contribution in [0.25, 0.3) is 17.5 Å². The Morgan fingerprint density at radius 2 is 2.21 bits per heavy atom.